The van der Waals surface area contributed by atoms with Gasteiger partial charge in [0.2, 0.25) is 15.9 Å². The highest BCUT2D eigenvalue weighted by atomic mass is 32.2. The van der Waals surface area contributed by atoms with Crippen LogP contribution in [0.5, 0.6) is 5.88 Å². The van der Waals surface area contributed by atoms with Gasteiger partial charge in [0.15, 0.2) is 5.65 Å². The van der Waals surface area contributed by atoms with E-state index >= 15 is 0 Å². The second-order valence-corrected chi connectivity index (χ2v) is 8.07. The molecule has 0 unspecified atom stereocenters. The number of nitrogens with two attached hydrogens (primary N) is 1. The van der Waals surface area contributed by atoms with Crippen molar-refractivity contribution in [2.45, 2.75) is 11.4 Å². The number of fused-ring (bicyclic) bond motifs is 3. The summed E-state index contributed by atoms with van der Waals surface area (Å²) in [4.78, 5) is 9.80. The summed E-state index contributed by atoms with van der Waals surface area (Å²) in [5.41, 5.74) is 1.59. The number of anilines is 2. The van der Waals surface area contributed by atoms with Gasteiger partial charge in [-0.3, -0.25) is 0 Å². The minimum atomic E-state index is -4.21. The Hall–Kier alpha value is -3.05. The summed E-state index contributed by atoms with van der Waals surface area (Å²) in [6, 6.07) is 4.92. The third-order valence-corrected chi connectivity index (χ3v) is 5.58. The number of halogens is 2. The van der Waals surface area contributed by atoms with Crippen LogP contribution in [0.4, 0.5) is 20.2 Å². The summed E-state index contributed by atoms with van der Waals surface area (Å²) in [5, 5.41) is 8.88. The van der Waals surface area contributed by atoms with E-state index in [-0.39, 0.29) is 12.1 Å². The van der Waals surface area contributed by atoms with Crippen molar-refractivity contribution < 1.29 is 21.9 Å². The second-order valence-electron chi connectivity index (χ2n) is 6.50. The number of methoxy groups -OCH3 is 1. The first-order chi connectivity index (χ1) is 13.8. The van der Waals surface area contributed by atoms with E-state index in [9.17, 15) is 17.2 Å². The van der Waals surface area contributed by atoms with Gasteiger partial charge >= 0.3 is 0 Å². The van der Waals surface area contributed by atoms with E-state index in [1.807, 2.05) is 0 Å². The smallest absolute Gasteiger partial charge is 0.238 e. The van der Waals surface area contributed by atoms with E-state index < -0.39 is 26.6 Å². The molecule has 8 nitrogen and oxygen atoms in total. The van der Waals surface area contributed by atoms with Crippen molar-refractivity contribution in [1.82, 2.24) is 9.97 Å². The van der Waals surface area contributed by atoms with Crippen LogP contribution in [0.2, 0.25) is 0 Å². The van der Waals surface area contributed by atoms with Crippen molar-refractivity contribution in [2.75, 3.05) is 30.4 Å². The molecule has 0 atom stereocenters. The van der Waals surface area contributed by atoms with Crippen LogP contribution in [0.15, 0.2) is 35.4 Å². The van der Waals surface area contributed by atoms with Gasteiger partial charge in [0.05, 0.1) is 29.6 Å². The van der Waals surface area contributed by atoms with E-state index in [2.05, 4.69) is 15.3 Å². The largest absolute Gasteiger partial charge is 0.481 e. The Kier molecular flexibility index (Phi) is 4.71. The highest BCUT2D eigenvalue weighted by Gasteiger charge is 2.24. The molecule has 4 rings (SSSR count). The van der Waals surface area contributed by atoms with E-state index in [1.54, 1.807) is 23.2 Å². The topological polar surface area (TPSA) is 110 Å². The van der Waals surface area contributed by atoms with E-state index in [0.717, 1.165) is 12.1 Å². The maximum absolute atomic E-state index is 14.5. The van der Waals surface area contributed by atoms with Gasteiger partial charge in [-0.25, -0.2) is 27.3 Å². The quantitative estimate of drug-likeness (QED) is 0.663. The molecule has 1 aliphatic heterocycles. The van der Waals surface area contributed by atoms with Crippen molar-refractivity contribution in [3.63, 3.8) is 0 Å². The van der Waals surface area contributed by atoms with Gasteiger partial charge in [0.25, 0.3) is 0 Å². The lowest BCUT2D eigenvalue weighted by molar-refractivity contribution is 0.399. The maximum atomic E-state index is 14.5. The van der Waals surface area contributed by atoms with Crippen molar-refractivity contribution in [1.29, 1.82) is 0 Å². The number of hydrogen-bond acceptors (Lipinski definition) is 7. The molecule has 1 aliphatic rings. The average molecular weight is 421 g/mol. The van der Waals surface area contributed by atoms with E-state index in [1.165, 1.54) is 7.11 Å². The van der Waals surface area contributed by atoms with Gasteiger partial charge in [-0.1, -0.05) is 0 Å². The minimum absolute atomic E-state index is 0.109. The Morgan fingerprint density at radius 3 is 2.66 bits per heavy atom. The Morgan fingerprint density at radius 1 is 1.28 bits per heavy atom. The fraction of sp³-hybridized carbons (Fsp3) is 0.222. The zero-order valence-electron chi connectivity index (χ0n) is 15.3. The van der Waals surface area contributed by atoms with Crippen molar-refractivity contribution in [3.05, 3.63) is 47.7 Å². The zero-order valence-corrected chi connectivity index (χ0v) is 16.1. The Labute approximate surface area is 165 Å². The highest BCUT2D eigenvalue weighted by molar-refractivity contribution is 7.89. The summed E-state index contributed by atoms with van der Waals surface area (Å²) in [6.07, 6.45) is 1.60. The van der Waals surface area contributed by atoms with Crippen molar-refractivity contribution in [3.8, 4) is 5.88 Å². The summed E-state index contributed by atoms with van der Waals surface area (Å²) in [6.45, 7) is 0.901. The maximum Gasteiger partial charge on any atom is 0.238 e. The molecule has 1 aromatic carbocycles. The number of benzene rings is 1. The number of sulfonamides is 1. The van der Waals surface area contributed by atoms with E-state index in [0.29, 0.717) is 41.4 Å². The van der Waals surface area contributed by atoms with Gasteiger partial charge in [0.1, 0.15) is 11.6 Å². The SMILES string of the molecule is COc1ccc2c3c(cnc2n1)NCCN3Cc1c(F)cc(S(N)(=O)=O)cc1F. The van der Waals surface area contributed by atoms with Gasteiger partial charge < -0.3 is 15.0 Å². The van der Waals surface area contributed by atoms with Gasteiger partial charge in [-0.2, -0.15) is 4.98 Å². The molecule has 0 saturated carbocycles. The number of aromatic nitrogens is 2. The number of nitrogens with zero attached hydrogens (tertiary/aromatic N) is 3. The highest BCUT2D eigenvalue weighted by Crippen LogP contribution is 2.37. The standard InChI is InChI=1S/C18H17F2N5O3S/c1-28-16-3-2-11-17-15(8-23-18(11)24-16)22-4-5-25(17)9-12-13(19)6-10(7-14(12)20)29(21,26)27/h2-3,6-8,22H,4-5,9H2,1H3,(H2,21,26,27). The molecule has 0 saturated heterocycles. The Bertz CT molecular complexity index is 1200. The molecular weight excluding hydrogens is 404 g/mol. The lowest BCUT2D eigenvalue weighted by Gasteiger charge is -2.33. The summed E-state index contributed by atoms with van der Waals surface area (Å²) >= 11 is 0. The van der Waals surface area contributed by atoms with Crippen LogP contribution in [-0.2, 0) is 16.6 Å². The first-order valence-electron chi connectivity index (χ1n) is 8.61. The van der Waals surface area contributed by atoms with E-state index in [4.69, 9.17) is 9.88 Å². The molecule has 0 fully saturated rings. The molecule has 0 aliphatic carbocycles. The van der Waals surface area contributed by atoms with Crippen LogP contribution < -0.4 is 20.1 Å². The molecule has 2 aromatic heterocycles. The second kappa shape index (κ2) is 7.08. The number of pyridine rings is 2. The van der Waals surface area contributed by atoms with Crippen LogP contribution in [0, 0.1) is 11.6 Å². The summed E-state index contributed by atoms with van der Waals surface area (Å²) < 4.78 is 57.0. The lowest BCUT2D eigenvalue weighted by atomic mass is 10.1. The van der Waals surface area contributed by atoms with Crippen LogP contribution in [0.3, 0.4) is 0 Å². The predicted molar refractivity (Wildman–Crippen MR) is 103 cm³/mol. The predicted octanol–water partition coefficient (Wildman–Crippen LogP) is 2.00. The van der Waals surface area contributed by atoms with Crippen LogP contribution in [0.1, 0.15) is 5.56 Å². The van der Waals surface area contributed by atoms with Crippen molar-refractivity contribution in [2.24, 2.45) is 5.14 Å². The number of primary sulfonamides is 1. The minimum Gasteiger partial charge on any atom is -0.481 e. The van der Waals surface area contributed by atoms with Crippen molar-refractivity contribution >= 4 is 32.4 Å². The number of hydrogen-bond donors (Lipinski definition) is 2. The Balaban J connectivity index is 1.79. The molecule has 3 heterocycles. The fourth-order valence-electron chi connectivity index (χ4n) is 3.31. The Morgan fingerprint density at radius 2 is 2.00 bits per heavy atom. The van der Waals surface area contributed by atoms with Gasteiger partial charge in [-0.15, -0.1) is 0 Å². The monoisotopic (exact) mass is 421 g/mol. The molecule has 152 valence electrons. The molecule has 3 N–H and O–H groups in total. The third-order valence-electron chi connectivity index (χ3n) is 4.69. The average Bonchev–Trinajstić information content (AvgIpc) is 2.69. The molecule has 11 heteroatoms. The van der Waals surface area contributed by atoms with Gasteiger partial charge in [-0.05, 0) is 18.2 Å². The van der Waals surface area contributed by atoms with Gasteiger partial charge in [0, 0.05) is 36.7 Å². The fourth-order valence-corrected chi connectivity index (χ4v) is 3.85. The first kappa shape index (κ1) is 19.3. The molecule has 0 amide bonds. The molecular formula is C18H17F2N5O3S. The number of nitrogens with one attached hydrogen (secondary N) is 1. The zero-order chi connectivity index (χ0) is 20.8. The first-order valence-corrected chi connectivity index (χ1v) is 10.2. The van der Waals surface area contributed by atoms with Crippen LogP contribution in [-0.4, -0.2) is 38.6 Å². The van der Waals surface area contributed by atoms with Crippen LogP contribution in [0.25, 0.3) is 11.0 Å². The molecule has 29 heavy (non-hydrogen) atoms. The molecule has 0 radical (unpaired) electrons. The third kappa shape index (κ3) is 3.54. The molecule has 0 spiro atoms. The number of rotatable bonds is 4. The number of ether oxygens (including phenoxy) is 1. The lowest BCUT2D eigenvalue weighted by Crippen LogP contribution is -2.34. The summed E-state index contributed by atoms with van der Waals surface area (Å²) in [5.74, 6) is -1.56. The molecule has 3 aromatic rings. The van der Waals surface area contributed by atoms with Crippen LogP contribution >= 0.6 is 0 Å². The molecule has 0 bridgehead atoms. The normalized spacial score (nSPS) is 13.9. The summed E-state index contributed by atoms with van der Waals surface area (Å²) in [7, 11) is -2.72.